The van der Waals surface area contributed by atoms with E-state index in [0.717, 1.165) is 6.42 Å². The Morgan fingerprint density at radius 2 is 2.17 bits per heavy atom. The zero-order chi connectivity index (χ0) is 17.2. The number of carbonyl (C=O) groups excluding carboxylic acids is 1. The molecule has 1 aliphatic rings. The van der Waals surface area contributed by atoms with Gasteiger partial charge in [0.15, 0.2) is 5.78 Å². The average molecular weight is 341 g/mol. The molecule has 1 aromatic carbocycles. The Hall–Kier alpha value is -2.00. The Balaban J connectivity index is 2.30. The van der Waals surface area contributed by atoms with Crippen LogP contribution in [0.5, 0.6) is 0 Å². The third-order valence-electron chi connectivity index (χ3n) is 3.91. The molecule has 0 bridgehead atoms. The predicted octanol–water partition coefficient (Wildman–Crippen LogP) is 1.30. The van der Waals surface area contributed by atoms with Gasteiger partial charge in [-0.15, -0.1) is 0 Å². The number of nitro groups is 1. The van der Waals surface area contributed by atoms with Gasteiger partial charge in [-0.1, -0.05) is 0 Å². The normalized spacial score (nSPS) is 18.7. The SMILES string of the molecule is CC(=O)c1ccc(N2CCC[C@H](CS(N)(=O)=O)C2)c([N+](=O)[O-])c1. The summed E-state index contributed by atoms with van der Waals surface area (Å²) in [6.45, 7) is 2.33. The first-order chi connectivity index (χ1) is 10.7. The van der Waals surface area contributed by atoms with Crippen molar-refractivity contribution in [2.24, 2.45) is 11.1 Å². The van der Waals surface area contributed by atoms with Crippen molar-refractivity contribution in [1.29, 1.82) is 0 Å². The number of anilines is 1. The van der Waals surface area contributed by atoms with Gasteiger partial charge in [-0.05, 0) is 37.8 Å². The lowest BCUT2D eigenvalue weighted by Crippen LogP contribution is -2.39. The molecule has 1 heterocycles. The first-order valence-corrected chi connectivity index (χ1v) is 8.93. The molecule has 0 aliphatic carbocycles. The van der Waals surface area contributed by atoms with Crippen LogP contribution in [0.15, 0.2) is 18.2 Å². The number of nitro benzene ring substituents is 1. The van der Waals surface area contributed by atoms with Gasteiger partial charge in [-0.2, -0.15) is 0 Å². The largest absolute Gasteiger partial charge is 0.366 e. The number of benzene rings is 1. The summed E-state index contributed by atoms with van der Waals surface area (Å²) in [5.41, 5.74) is 0.534. The van der Waals surface area contributed by atoms with Crippen LogP contribution in [0.1, 0.15) is 30.1 Å². The van der Waals surface area contributed by atoms with E-state index in [9.17, 15) is 23.3 Å². The zero-order valence-electron chi connectivity index (χ0n) is 12.8. The van der Waals surface area contributed by atoms with Crippen LogP contribution in [-0.2, 0) is 10.0 Å². The quantitative estimate of drug-likeness (QED) is 0.489. The van der Waals surface area contributed by atoms with Gasteiger partial charge < -0.3 is 4.90 Å². The van der Waals surface area contributed by atoms with Gasteiger partial charge in [-0.3, -0.25) is 14.9 Å². The number of nitrogens with two attached hydrogens (primary N) is 1. The standard InChI is InChI=1S/C14H19N3O5S/c1-10(18)12-4-5-13(14(7-12)17(19)20)16-6-2-3-11(8-16)9-23(15,21)22/h4-5,7,11H,2-3,6,8-9H2,1H3,(H2,15,21,22)/t11-/m0/s1. The number of hydrogen-bond acceptors (Lipinski definition) is 6. The molecule has 0 saturated carbocycles. The molecule has 126 valence electrons. The van der Waals surface area contributed by atoms with E-state index in [1.165, 1.54) is 13.0 Å². The van der Waals surface area contributed by atoms with Crippen LogP contribution in [0, 0.1) is 16.0 Å². The molecule has 0 unspecified atom stereocenters. The van der Waals surface area contributed by atoms with Crippen molar-refractivity contribution in [3.05, 3.63) is 33.9 Å². The Bertz CT molecular complexity index is 732. The number of rotatable bonds is 5. The van der Waals surface area contributed by atoms with E-state index in [2.05, 4.69) is 0 Å². The smallest absolute Gasteiger partial charge is 0.293 e. The van der Waals surface area contributed by atoms with Crippen molar-refractivity contribution < 1.29 is 18.1 Å². The van der Waals surface area contributed by atoms with E-state index in [-0.39, 0.29) is 28.7 Å². The monoisotopic (exact) mass is 341 g/mol. The maximum Gasteiger partial charge on any atom is 0.293 e. The van der Waals surface area contributed by atoms with Crippen molar-refractivity contribution in [3.8, 4) is 0 Å². The Morgan fingerprint density at radius 1 is 1.48 bits per heavy atom. The maximum absolute atomic E-state index is 11.4. The van der Waals surface area contributed by atoms with Crippen LogP contribution in [-0.4, -0.2) is 38.0 Å². The summed E-state index contributed by atoms with van der Waals surface area (Å²) in [7, 11) is -3.58. The summed E-state index contributed by atoms with van der Waals surface area (Å²) in [5.74, 6) is -0.542. The van der Waals surface area contributed by atoms with Crippen molar-refractivity contribution in [2.75, 3.05) is 23.7 Å². The fourth-order valence-electron chi connectivity index (χ4n) is 2.90. The van der Waals surface area contributed by atoms with E-state index in [4.69, 9.17) is 5.14 Å². The van der Waals surface area contributed by atoms with Crippen molar-refractivity contribution >= 4 is 27.2 Å². The van der Waals surface area contributed by atoms with Crippen LogP contribution >= 0.6 is 0 Å². The fourth-order valence-corrected chi connectivity index (χ4v) is 3.83. The van der Waals surface area contributed by atoms with Crippen LogP contribution in [0.4, 0.5) is 11.4 Å². The zero-order valence-corrected chi connectivity index (χ0v) is 13.6. The molecular formula is C14H19N3O5S. The molecule has 1 aliphatic heterocycles. The lowest BCUT2D eigenvalue weighted by Gasteiger charge is -2.33. The van der Waals surface area contributed by atoms with E-state index < -0.39 is 14.9 Å². The minimum Gasteiger partial charge on any atom is -0.366 e. The summed E-state index contributed by atoms with van der Waals surface area (Å²) in [5, 5.41) is 16.4. The highest BCUT2D eigenvalue weighted by atomic mass is 32.2. The molecule has 1 saturated heterocycles. The number of nitrogens with zero attached hydrogens (tertiary/aromatic N) is 2. The van der Waals surface area contributed by atoms with Gasteiger partial charge in [-0.25, -0.2) is 13.6 Å². The minimum atomic E-state index is -3.58. The van der Waals surface area contributed by atoms with Crippen LogP contribution < -0.4 is 10.0 Å². The van der Waals surface area contributed by atoms with Gasteiger partial charge in [0, 0.05) is 24.7 Å². The summed E-state index contributed by atoms with van der Waals surface area (Å²) in [6.07, 6.45) is 1.44. The van der Waals surface area contributed by atoms with Crippen molar-refractivity contribution in [3.63, 3.8) is 0 Å². The fraction of sp³-hybridized carbons (Fsp3) is 0.500. The highest BCUT2D eigenvalue weighted by Gasteiger charge is 2.28. The second-order valence-corrected chi connectivity index (χ2v) is 7.46. The Labute approximate surface area is 134 Å². The first-order valence-electron chi connectivity index (χ1n) is 7.22. The molecule has 0 amide bonds. The summed E-state index contributed by atoms with van der Waals surface area (Å²) in [6, 6.07) is 4.36. The van der Waals surface area contributed by atoms with Gasteiger partial charge in [0.25, 0.3) is 5.69 Å². The Kier molecular flexibility index (Phi) is 5.00. The first kappa shape index (κ1) is 17.4. The molecule has 1 atom stereocenters. The maximum atomic E-state index is 11.4. The van der Waals surface area contributed by atoms with E-state index in [1.807, 2.05) is 0 Å². The van der Waals surface area contributed by atoms with Crippen LogP contribution in [0.25, 0.3) is 0 Å². The second-order valence-electron chi connectivity index (χ2n) is 5.80. The molecule has 0 radical (unpaired) electrons. The number of ketones is 1. The number of primary sulfonamides is 1. The van der Waals surface area contributed by atoms with Gasteiger partial charge in [0.2, 0.25) is 10.0 Å². The summed E-state index contributed by atoms with van der Waals surface area (Å²) < 4.78 is 22.5. The van der Waals surface area contributed by atoms with E-state index in [0.29, 0.717) is 25.2 Å². The van der Waals surface area contributed by atoms with E-state index in [1.54, 1.807) is 17.0 Å². The molecule has 2 rings (SSSR count). The predicted molar refractivity (Wildman–Crippen MR) is 86.0 cm³/mol. The lowest BCUT2D eigenvalue weighted by molar-refractivity contribution is -0.384. The molecule has 8 nitrogen and oxygen atoms in total. The molecule has 2 N–H and O–H groups in total. The second kappa shape index (κ2) is 6.63. The van der Waals surface area contributed by atoms with E-state index >= 15 is 0 Å². The highest BCUT2D eigenvalue weighted by molar-refractivity contribution is 7.89. The topological polar surface area (TPSA) is 124 Å². The third kappa shape index (κ3) is 4.49. The van der Waals surface area contributed by atoms with Crippen LogP contribution in [0.2, 0.25) is 0 Å². The van der Waals surface area contributed by atoms with Crippen molar-refractivity contribution in [2.45, 2.75) is 19.8 Å². The minimum absolute atomic E-state index is 0.136. The number of hydrogen-bond donors (Lipinski definition) is 1. The number of Topliss-reactive ketones (excluding diaryl/α,β-unsaturated/α-hetero) is 1. The number of piperidine rings is 1. The molecule has 9 heteroatoms. The van der Waals surface area contributed by atoms with Crippen molar-refractivity contribution in [1.82, 2.24) is 0 Å². The average Bonchev–Trinajstić information content (AvgIpc) is 2.45. The van der Waals surface area contributed by atoms with Gasteiger partial charge in [0.1, 0.15) is 5.69 Å². The molecular weight excluding hydrogens is 322 g/mol. The summed E-state index contributed by atoms with van der Waals surface area (Å²) in [4.78, 5) is 24.0. The Morgan fingerprint density at radius 3 is 2.74 bits per heavy atom. The number of carbonyl (C=O) groups is 1. The van der Waals surface area contributed by atoms with Gasteiger partial charge in [0.05, 0.1) is 10.7 Å². The molecule has 0 aromatic heterocycles. The highest BCUT2D eigenvalue weighted by Crippen LogP contribution is 2.32. The lowest BCUT2D eigenvalue weighted by atomic mass is 9.98. The summed E-state index contributed by atoms with van der Waals surface area (Å²) >= 11 is 0. The van der Waals surface area contributed by atoms with Gasteiger partial charge >= 0.3 is 0 Å². The molecule has 1 aromatic rings. The number of sulfonamides is 1. The third-order valence-corrected chi connectivity index (χ3v) is 4.84. The van der Waals surface area contributed by atoms with Crippen LogP contribution in [0.3, 0.4) is 0 Å². The molecule has 1 fully saturated rings. The molecule has 0 spiro atoms. The molecule has 23 heavy (non-hydrogen) atoms.